The molecule has 4 aliphatic rings. The van der Waals surface area contributed by atoms with Crippen molar-refractivity contribution in [2.24, 2.45) is 40.4 Å². The molecule has 3 fully saturated rings. The predicted octanol–water partition coefficient (Wildman–Crippen LogP) is 6.28. The highest BCUT2D eigenvalue weighted by Crippen LogP contribution is 2.67. The second kappa shape index (κ2) is 7.83. The van der Waals surface area contributed by atoms with Crippen molar-refractivity contribution < 1.29 is 10.2 Å². The van der Waals surface area contributed by atoms with Gasteiger partial charge in [-0.2, -0.15) is 0 Å². The van der Waals surface area contributed by atoms with E-state index in [1.54, 1.807) is 0 Å². The number of rotatable bonds is 4. The van der Waals surface area contributed by atoms with Crippen molar-refractivity contribution >= 4 is 0 Å². The Bertz CT molecular complexity index is 674. The maximum absolute atomic E-state index is 11.6. The average molecular weight is 401 g/mol. The first-order valence-corrected chi connectivity index (χ1v) is 12.4. The lowest BCUT2D eigenvalue weighted by Crippen LogP contribution is -2.56. The van der Waals surface area contributed by atoms with Crippen LogP contribution in [0, 0.1) is 40.4 Å². The Morgan fingerprint density at radius 3 is 2.66 bits per heavy atom. The van der Waals surface area contributed by atoms with Gasteiger partial charge in [-0.15, -0.1) is 0 Å². The van der Waals surface area contributed by atoms with Gasteiger partial charge in [0.05, 0.1) is 12.2 Å². The monoisotopic (exact) mass is 400 g/mol. The molecule has 0 bridgehead atoms. The van der Waals surface area contributed by atoms with Gasteiger partial charge in [-0.25, -0.2) is 0 Å². The van der Waals surface area contributed by atoms with Crippen LogP contribution in [0.2, 0.25) is 0 Å². The first-order valence-electron chi connectivity index (χ1n) is 12.4. The molecule has 164 valence electrons. The minimum atomic E-state index is -0.171. The van der Waals surface area contributed by atoms with Crippen LogP contribution in [-0.4, -0.2) is 22.4 Å². The fourth-order valence-corrected chi connectivity index (χ4v) is 8.40. The average Bonchev–Trinajstić information content (AvgIpc) is 3.02. The van der Waals surface area contributed by atoms with Gasteiger partial charge in [-0.05, 0) is 112 Å². The van der Waals surface area contributed by atoms with E-state index in [0.29, 0.717) is 23.7 Å². The lowest BCUT2D eigenvalue weighted by atomic mass is 9.46. The summed E-state index contributed by atoms with van der Waals surface area (Å²) in [4.78, 5) is 0. The molecule has 4 aliphatic carbocycles. The number of aliphatic hydroxyl groups is 2. The molecule has 0 spiro atoms. The molecule has 0 radical (unpaired) electrons. The normalized spacial score (nSPS) is 47.5. The van der Waals surface area contributed by atoms with E-state index in [1.807, 2.05) is 0 Å². The highest BCUT2D eigenvalue weighted by atomic mass is 16.3. The molecule has 4 rings (SSSR count). The Balaban J connectivity index is 1.56. The molecular formula is C27H44O2. The number of hydrogen-bond donors (Lipinski definition) is 2. The van der Waals surface area contributed by atoms with Crippen LogP contribution < -0.4 is 0 Å². The summed E-state index contributed by atoms with van der Waals surface area (Å²) in [6.45, 7) is 11.7. The summed E-state index contributed by atoms with van der Waals surface area (Å²) < 4.78 is 0. The minimum absolute atomic E-state index is 0.0848. The Labute approximate surface area is 178 Å². The van der Waals surface area contributed by atoms with Gasteiger partial charge in [0.15, 0.2) is 0 Å². The molecule has 2 N–H and O–H groups in total. The van der Waals surface area contributed by atoms with Crippen molar-refractivity contribution in [3.8, 4) is 0 Å². The predicted molar refractivity (Wildman–Crippen MR) is 120 cm³/mol. The van der Waals surface area contributed by atoms with E-state index in [2.05, 4.69) is 46.8 Å². The SMILES string of the molecule is CC(C)=CCC[C@@H](C)[C@H]1CC[C@H]2[C@@H]3CC=C4C[C@H](O)CC[C@]4(C)[C@H]3C[C@H](O)[C@]12C. The fourth-order valence-electron chi connectivity index (χ4n) is 8.40. The van der Waals surface area contributed by atoms with Crippen molar-refractivity contribution in [3.05, 3.63) is 23.3 Å². The second-order valence-electron chi connectivity index (χ2n) is 11.8. The number of allylic oxidation sites excluding steroid dienone is 3. The summed E-state index contributed by atoms with van der Waals surface area (Å²) in [7, 11) is 0. The van der Waals surface area contributed by atoms with Crippen molar-refractivity contribution in [2.75, 3.05) is 0 Å². The summed E-state index contributed by atoms with van der Waals surface area (Å²) in [5, 5.41) is 21.8. The van der Waals surface area contributed by atoms with Crippen LogP contribution in [0.3, 0.4) is 0 Å². The molecule has 0 aliphatic heterocycles. The van der Waals surface area contributed by atoms with Crippen molar-refractivity contribution in [1.29, 1.82) is 0 Å². The van der Waals surface area contributed by atoms with Crippen molar-refractivity contribution in [1.82, 2.24) is 0 Å². The molecule has 3 saturated carbocycles. The van der Waals surface area contributed by atoms with Gasteiger partial charge in [0.1, 0.15) is 0 Å². The van der Waals surface area contributed by atoms with E-state index in [-0.39, 0.29) is 23.0 Å². The molecule has 0 amide bonds. The minimum Gasteiger partial charge on any atom is -0.393 e. The van der Waals surface area contributed by atoms with E-state index in [0.717, 1.165) is 31.6 Å². The highest BCUT2D eigenvalue weighted by molar-refractivity contribution is 5.26. The zero-order valence-corrected chi connectivity index (χ0v) is 19.5. The Hall–Kier alpha value is -0.600. The van der Waals surface area contributed by atoms with Gasteiger partial charge in [-0.3, -0.25) is 0 Å². The lowest BCUT2D eigenvalue weighted by Gasteiger charge is -2.60. The van der Waals surface area contributed by atoms with Crippen LogP contribution in [0.25, 0.3) is 0 Å². The molecule has 0 heterocycles. The van der Waals surface area contributed by atoms with Crippen LogP contribution in [0.1, 0.15) is 92.4 Å². The summed E-state index contributed by atoms with van der Waals surface area (Å²) in [6, 6.07) is 0. The quantitative estimate of drug-likeness (QED) is 0.545. The molecule has 0 aromatic heterocycles. The molecule has 0 aromatic rings. The van der Waals surface area contributed by atoms with Gasteiger partial charge in [0.25, 0.3) is 0 Å². The molecule has 2 nitrogen and oxygen atoms in total. The first-order chi connectivity index (χ1) is 13.7. The van der Waals surface area contributed by atoms with E-state index >= 15 is 0 Å². The summed E-state index contributed by atoms with van der Waals surface area (Å²) in [6.07, 6.45) is 14.6. The second-order valence-corrected chi connectivity index (χ2v) is 11.8. The molecular weight excluding hydrogens is 356 g/mol. The van der Waals surface area contributed by atoms with Gasteiger partial charge in [0.2, 0.25) is 0 Å². The fraction of sp³-hybridized carbons (Fsp3) is 0.852. The Morgan fingerprint density at radius 2 is 1.93 bits per heavy atom. The van der Waals surface area contributed by atoms with Gasteiger partial charge in [0, 0.05) is 0 Å². The van der Waals surface area contributed by atoms with Crippen molar-refractivity contribution in [3.63, 3.8) is 0 Å². The van der Waals surface area contributed by atoms with E-state index in [4.69, 9.17) is 0 Å². The summed E-state index contributed by atoms with van der Waals surface area (Å²) in [5.74, 6) is 3.32. The van der Waals surface area contributed by atoms with Crippen LogP contribution in [-0.2, 0) is 0 Å². The van der Waals surface area contributed by atoms with Gasteiger partial charge in [-0.1, -0.05) is 44.1 Å². The smallest absolute Gasteiger partial charge is 0.0602 e. The van der Waals surface area contributed by atoms with Crippen LogP contribution in [0.4, 0.5) is 0 Å². The number of fused-ring (bicyclic) bond motifs is 5. The molecule has 0 unspecified atom stereocenters. The third-order valence-corrected chi connectivity index (χ3v) is 10.1. The number of hydrogen-bond acceptors (Lipinski definition) is 2. The molecule has 9 atom stereocenters. The van der Waals surface area contributed by atoms with Crippen LogP contribution in [0.5, 0.6) is 0 Å². The Kier molecular flexibility index (Phi) is 5.84. The summed E-state index contributed by atoms with van der Waals surface area (Å²) >= 11 is 0. The van der Waals surface area contributed by atoms with Gasteiger partial charge < -0.3 is 10.2 Å². The number of aliphatic hydroxyl groups excluding tert-OH is 2. The van der Waals surface area contributed by atoms with Crippen LogP contribution in [0.15, 0.2) is 23.3 Å². The van der Waals surface area contributed by atoms with Gasteiger partial charge >= 0.3 is 0 Å². The van der Waals surface area contributed by atoms with Crippen molar-refractivity contribution in [2.45, 2.75) is 105 Å². The molecule has 2 heteroatoms. The summed E-state index contributed by atoms with van der Waals surface area (Å²) in [5.41, 5.74) is 3.21. The lowest BCUT2D eigenvalue weighted by molar-refractivity contribution is -0.136. The van der Waals surface area contributed by atoms with E-state index < -0.39 is 0 Å². The largest absolute Gasteiger partial charge is 0.393 e. The maximum Gasteiger partial charge on any atom is 0.0602 e. The third kappa shape index (κ3) is 3.47. The standard InChI is InChI=1S/C27H44O2/c1-17(2)7-6-8-18(3)22-11-12-23-21-10-9-19-15-20(28)13-14-26(19,4)24(21)16-25(29)27(22,23)5/h7,9,18,20-25,28-29H,6,8,10-16H2,1-5H3/t18-,20-,21+,22-,23+,24+,25+,26+,27-/m1/s1. The van der Waals surface area contributed by atoms with E-state index in [1.165, 1.54) is 43.3 Å². The Morgan fingerprint density at radius 1 is 1.17 bits per heavy atom. The highest BCUT2D eigenvalue weighted by Gasteiger charge is 2.62. The maximum atomic E-state index is 11.6. The topological polar surface area (TPSA) is 40.5 Å². The molecule has 29 heavy (non-hydrogen) atoms. The van der Waals surface area contributed by atoms with E-state index in [9.17, 15) is 10.2 Å². The first kappa shape index (κ1) is 21.6. The molecule has 0 aromatic carbocycles. The zero-order valence-electron chi connectivity index (χ0n) is 19.5. The van der Waals surface area contributed by atoms with Crippen LogP contribution >= 0.6 is 0 Å². The molecule has 0 saturated heterocycles. The third-order valence-electron chi connectivity index (χ3n) is 10.1. The zero-order chi connectivity index (χ0) is 21.0.